The molecule has 1 fully saturated rings. The molecule has 1 saturated heterocycles. The Labute approximate surface area is 153 Å². The predicted molar refractivity (Wildman–Crippen MR) is 100.0 cm³/mol. The largest absolute Gasteiger partial charge is 0.485 e. The lowest BCUT2D eigenvalue weighted by molar-refractivity contribution is -0.134. The highest BCUT2D eigenvalue weighted by Crippen LogP contribution is 2.35. The lowest BCUT2D eigenvalue weighted by atomic mass is 9.90. The second-order valence-electron chi connectivity index (χ2n) is 7.20. The number of ether oxygens (including phenoxy) is 1. The molecule has 132 valence electrons. The van der Waals surface area contributed by atoms with Crippen LogP contribution >= 0.6 is 11.3 Å². The van der Waals surface area contributed by atoms with E-state index in [2.05, 4.69) is 18.0 Å². The molecule has 0 saturated carbocycles. The third-order valence-electron chi connectivity index (χ3n) is 5.30. The molecular formula is C20H24N2O2S. The molecule has 5 heteroatoms. The lowest BCUT2D eigenvalue weighted by Crippen LogP contribution is -2.53. The monoisotopic (exact) mass is 356 g/mol. The van der Waals surface area contributed by atoms with E-state index in [4.69, 9.17) is 4.74 Å². The fraction of sp³-hybridized carbons (Fsp3) is 0.450. The molecule has 25 heavy (non-hydrogen) atoms. The van der Waals surface area contributed by atoms with Gasteiger partial charge in [-0.05, 0) is 24.6 Å². The van der Waals surface area contributed by atoms with E-state index in [-0.39, 0.29) is 11.5 Å². The van der Waals surface area contributed by atoms with Crippen molar-refractivity contribution in [3.63, 3.8) is 0 Å². The number of piperidine rings is 1. The zero-order valence-electron chi connectivity index (χ0n) is 14.6. The van der Waals surface area contributed by atoms with Gasteiger partial charge in [-0.15, -0.1) is 11.3 Å². The van der Waals surface area contributed by atoms with Crippen molar-refractivity contribution in [2.24, 2.45) is 0 Å². The van der Waals surface area contributed by atoms with Gasteiger partial charge in [0.05, 0.1) is 13.0 Å². The van der Waals surface area contributed by atoms with Crippen molar-refractivity contribution in [2.45, 2.75) is 31.4 Å². The van der Waals surface area contributed by atoms with Gasteiger partial charge in [0.2, 0.25) is 5.91 Å². The van der Waals surface area contributed by atoms with Crippen molar-refractivity contribution in [2.75, 3.05) is 26.7 Å². The van der Waals surface area contributed by atoms with Crippen LogP contribution in [0.1, 0.15) is 23.3 Å². The fourth-order valence-electron chi connectivity index (χ4n) is 3.75. The minimum atomic E-state index is -0.260. The summed E-state index contributed by atoms with van der Waals surface area (Å²) < 4.78 is 6.53. The summed E-state index contributed by atoms with van der Waals surface area (Å²) in [6, 6.07) is 12.2. The molecule has 0 unspecified atom stereocenters. The minimum absolute atomic E-state index is 0.195. The van der Waals surface area contributed by atoms with E-state index in [1.807, 2.05) is 40.6 Å². The van der Waals surface area contributed by atoms with Gasteiger partial charge in [0.25, 0.3) is 0 Å². The van der Waals surface area contributed by atoms with Crippen LogP contribution in [0.2, 0.25) is 0 Å². The zero-order chi connectivity index (χ0) is 17.3. The number of rotatable bonds is 2. The summed E-state index contributed by atoms with van der Waals surface area (Å²) in [6.07, 6.45) is 2.40. The smallest absolute Gasteiger partial charge is 0.228 e. The van der Waals surface area contributed by atoms with E-state index in [1.54, 1.807) is 11.3 Å². The maximum absolute atomic E-state index is 13.0. The molecule has 4 rings (SSSR count). The fourth-order valence-corrected chi connectivity index (χ4v) is 4.44. The highest BCUT2D eigenvalue weighted by molar-refractivity contribution is 7.10. The van der Waals surface area contributed by atoms with Crippen LogP contribution in [0.25, 0.3) is 0 Å². The average Bonchev–Trinajstić information content (AvgIpc) is 3.05. The highest BCUT2D eigenvalue weighted by atomic mass is 32.1. The normalized spacial score (nSPS) is 20.0. The number of para-hydroxylation sites is 1. The number of nitrogens with zero attached hydrogens (tertiary/aromatic N) is 2. The Balaban J connectivity index is 1.61. The Morgan fingerprint density at radius 2 is 2.00 bits per heavy atom. The van der Waals surface area contributed by atoms with E-state index in [1.165, 1.54) is 0 Å². The summed E-state index contributed by atoms with van der Waals surface area (Å²) in [5.74, 6) is 1.14. The molecule has 0 bridgehead atoms. The third-order valence-corrected chi connectivity index (χ3v) is 6.17. The molecule has 0 radical (unpaired) electrons. The van der Waals surface area contributed by atoms with Crippen molar-refractivity contribution < 1.29 is 9.53 Å². The number of carbonyl (C=O) groups excluding carboxylic acids is 1. The minimum Gasteiger partial charge on any atom is -0.485 e. The second kappa shape index (κ2) is 6.81. The summed E-state index contributed by atoms with van der Waals surface area (Å²) >= 11 is 1.65. The standard InChI is InChI=1S/C20H24N2O2S/c1-21-10-8-20(9-11-21)15-22(19(23)13-17-6-4-12-25-17)14-16-5-2-3-7-18(16)24-20/h2-7,12H,8-11,13-15H2,1H3. The number of fused-ring (bicyclic) bond motifs is 1. The Morgan fingerprint density at radius 1 is 1.20 bits per heavy atom. The molecule has 1 aromatic heterocycles. The first-order valence-corrected chi connectivity index (χ1v) is 9.77. The quantitative estimate of drug-likeness (QED) is 0.829. The number of benzene rings is 1. The first-order chi connectivity index (χ1) is 12.1. The van der Waals surface area contributed by atoms with Crippen LogP contribution in [0.5, 0.6) is 5.75 Å². The molecule has 2 aliphatic rings. The molecule has 0 atom stereocenters. The molecular weight excluding hydrogens is 332 g/mol. The van der Waals surface area contributed by atoms with Gasteiger partial charge in [-0.1, -0.05) is 24.3 Å². The van der Waals surface area contributed by atoms with E-state index < -0.39 is 0 Å². The highest BCUT2D eigenvalue weighted by Gasteiger charge is 2.41. The average molecular weight is 356 g/mol. The van der Waals surface area contributed by atoms with Crippen molar-refractivity contribution in [1.82, 2.24) is 9.80 Å². The van der Waals surface area contributed by atoms with Gasteiger partial charge < -0.3 is 14.5 Å². The number of amides is 1. The predicted octanol–water partition coefficient (Wildman–Crippen LogP) is 3.18. The Morgan fingerprint density at radius 3 is 2.76 bits per heavy atom. The van der Waals surface area contributed by atoms with Crippen molar-refractivity contribution in [1.29, 1.82) is 0 Å². The van der Waals surface area contributed by atoms with E-state index >= 15 is 0 Å². The number of likely N-dealkylation sites (tertiary alicyclic amines) is 1. The van der Waals surface area contributed by atoms with Crippen molar-refractivity contribution in [3.8, 4) is 5.75 Å². The molecule has 2 aliphatic heterocycles. The van der Waals surface area contributed by atoms with Crippen LogP contribution in [0.3, 0.4) is 0 Å². The molecule has 1 aromatic carbocycles. The topological polar surface area (TPSA) is 32.8 Å². The summed E-state index contributed by atoms with van der Waals surface area (Å²) in [5, 5.41) is 2.03. The number of hydrogen-bond acceptors (Lipinski definition) is 4. The molecule has 2 aromatic rings. The first-order valence-electron chi connectivity index (χ1n) is 8.89. The summed E-state index contributed by atoms with van der Waals surface area (Å²) in [7, 11) is 2.15. The van der Waals surface area contributed by atoms with Crippen molar-refractivity contribution in [3.05, 3.63) is 52.2 Å². The number of thiophene rings is 1. The summed E-state index contributed by atoms with van der Waals surface area (Å²) in [4.78, 5) is 18.5. The number of hydrogen-bond donors (Lipinski definition) is 0. The Bertz CT molecular complexity index is 736. The van der Waals surface area contributed by atoms with Crippen LogP contribution < -0.4 is 4.74 Å². The lowest BCUT2D eigenvalue weighted by Gasteiger charge is -2.41. The van der Waals surface area contributed by atoms with E-state index in [0.717, 1.165) is 42.1 Å². The Hall–Kier alpha value is -1.85. The van der Waals surface area contributed by atoms with Gasteiger partial charge in [0.15, 0.2) is 0 Å². The van der Waals surface area contributed by atoms with Gasteiger partial charge >= 0.3 is 0 Å². The molecule has 1 amide bonds. The van der Waals surface area contributed by atoms with Crippen LogP contribution in [0.4, 0.5) is 0 Å². The van der Waals surface area contributed by atoms with Gasteiger partial charge in [0.1, 0.15) is 11.4 Å². The van der Waals surface area contributed by atoms with Gasteiger partial charge in [-0.25, -0.2) is 0 Å². The summed E-state index contributed by atoms with van der Waals surface area (Å²) in [6.45, 7) is 3.34. The molecule has 4 nitrogen and oxygen atoms in total. The van der Waals surface area contributed by atoms with Crippen LogP contribution in [-0.2, 0) is 17.8 Å². The first kappa shape index (κ1) is 16.6. The van der Waals surface area contributed by atoms with E-state index in [9.17, 15) is 4.79 Å². The van der Waals surface area contributed by atoms with E-state index in [0.29, 0.717) is 19.5 Å². The molecule has 0 N–H and O–H groups in total. The van der Waals surface area contributed by atoms with Crippen LogP contribution in [0.15, 0.2) is 41.8 Å². The third kappa shape index (κ3) is 3.58. The van der Waals surface area contributed by atoms with Crippen molar-refractivity contribution >= 4 is 17.2 Å². The SMILES string of the molecule is CN1CCC2(CC1)CN(C(=O)Cc1cccs1)Cc1ccccc1O2. The van der Waals surface area contributed by atoms with Crippen LogP contribution in [-0.4, -0.2) is 48.0 Å². The number of carbonyl (C=O) groups is 1. The molecule has 3 heterocycles. The maximum Gasteiger partial charge on any atom is 0.228 e. The zero-order valence-corrected chi connectivity index (χ0v) is 15.4. The maximum atomic E-state index is 13.0. The second-order valence-corrected chi connectivity index (χ2v) is 8.23. The summed E-state index contributed by atoms with van der Waals surface area (Å²) in [5.41, 5.74) is 0.849. The molecule has 1 spiro atoms. The van der Waals surface area contributed by atoms with Gasteiger partial charge in [-0.3, -0.25) is 4.79 Å². The van der Waals surface area contributed by atoms with Crippen LogP contribution in [0, 0.1) is 0 Å². The van der Waals surface area contributed by atoms with Gasteiger partial charge in [-0.2, -0.15) is 0 Å². The molecule has 0 aliphatic carbocycles. The van der Waals surface area contributed by atoms with Gasteiger partial charge in [0, 0.05) is 42.9 Å². The Kier molecular flexibility index (Phi) is 4.52.